The van der Waals surface area contributed by atoms with Crippen molar-refractivity contribution in [3.8, 4) is 5.75 Å². The monoisotopic (exact) mass is 263 g/mol. The van der Waals surface area contributed by atoms with E-state index in [1.165, 1.54) is 12.1 Å². The van der Waals surface area contributed by atoms with E-state index in [1.807, 2.05) is 0 Å². The molecule has 0 aliphatic carbocycles. The summed E-state index contributed by atoms with van der Waals surface area (Å²) in [7, 11) is 0. The highest BCUT2D eigenvalue weighted by atomic mass is 35.5. The lowest BCUT2D eigenvalue weighted by Crippen LogP contribution is -2.29. The van der Waals surface area contributed by atoms with Gasteiger partial charge >= 0.3 is 0 Å². The van der Waals surface area contributed by atoms with Gasteiger partial charge in [-0.1, -0.05) is 23.2 Å². The Morgan fingerprint density at radius 3 is 2.69 bits per heavy atom. The van der Waals surface area contributed by atoms with E-state index >= 15 is 0 Å². The molecule has 0 aliphatic rings. The van der Waals surface area contributed by atoms with Crippen LogP contribution in [0.15, 0.2) is 12.1 Å². The largest absolute Gasteiger partial charge is 0.508 e. The van der Waals surface area contributed by atoms with E-state index in [0.717, 1.165) is 0 Å². The summed E-state index contributed by atoms with van der Waals surface area (Å²) < 4.78 is 0. The van der Waals surface area contributed by atoms with Crippen molar-refractivity contribution in [3.63, 3.8) is 0 Å². The second-order valence-corrected chi connectivity index (χ2v) is 4.03. The van der Waals surface area contributed by atoms with Gasteiger partial charge in [0, 0.05) is 5.56 Å². The van der Waals surface area contributed by atoms with Crippen LogP contribution < -0.4 is 5.32 Å². The topological polar surface area (TPSA) is 69.6 Å². The van der Waals surface area contributed by atoms with Crippen LogP contribution in [-0.2, 0) is 4.79 Å². The smallest absolute Gasteiger partial charge is 0.246 e. The normalized spacial score (nSPS) is 12.2. The minimum atomic E-state index is -0.622. The summed E-state index contributed by atoms with van der Waals surface area (Å²) >= 11 is 11.7. The van der Waals surface area contributed by atoms with Gasteiger partial charge in [-0.25, -0.2) is 0 Å². The maximum absolute atomic E-state index is 11.0. The van der Waals surface area contributed by atoms with Crippen molar-refractivity contribution in [1.82, 2.24) is 5.32 Å². The summed E-state index contributed by atoms with van der Waals surface area (Å²) in [6, 6.07) is 2.32. The third kappa shape index (κ3) is 2.78. The number of halogens is 2. The van der Waals surface area contributed by atoms with Gasteiger partial charge in [-0.15, -0.1) is 0 Å². The Bertz CT molecular complexity index is 409. The Labute approximate surface area is 103 Å². The number of carbonyl (C=O) groups excluding carboxylic acids is 1. The molecule has 1 amide bonds. The van der Waals surface area contributed by atoms with Crippen LogP contribution in [0.25, 0.3) is 0 Å². The van der Waals surface area contributed by atoms with Crippen LogP contribution in [0.1, 0.15) is 18.5 Å². The van der Waals surface area contributed by atoms with E-state index < -0.39 is 18.6 Å². The van der Waals surface area contributed by atoms with E-state index in [-0.39, 0.29) is 10.8 Å². The number of nitrogens with one attached hydrogen (secondary N) is 1. The average molecular weight is 264 g/mol. The SMILES string of the molecule is C[C@H](NC(=O)CO)c1c(O)ccc(Cl)c1Cl. The van der Waals surface area contributed by atoms with Gasteiger partial charge in [-0.3, -0.25) is 4.79 Å². The molecule has 0 saturated heterocycles. The van der Waals surface area contributed by atoms with Crippen molar-refractivity contribution in [2.75, 3.05) is 6.61 Å². The zero-order valence-electron chi connectivity index (χ0n) is 8.50. The van der Waals surface area contributed by atoms with E-state index in [9.17, 15) is 9.90 Å². The number of benzene rings is 1. The van der Waals surface area contributed by atoms with Crippen molar-refractivity contribution < 1.29 is 15.0 Å². The summed E-state index contributed by atoms with van der Waals surface area (Å²) in [5.74, 6) is -0.608. The Morgan fingerprint density at radius 2 is 2.12 bits per heavy atom. The van der Waals surface area contributed by atoms with Crippen LogP contribution in [0.2, 0.25) is 10.0 Å². The number of aromatic hydroxyl groups is 1. The first-order chi connectivity index (χ1) is 7.47. The molecule has 0 fully saturated rings. The van der Waals surface area contributed by atoms with Crippen molar-refractivity contribution in [3.05, 3.63) is 27.7 Å². The number of aliphatic hydroxyl groups excluding tert-OH is 1. The minimum absolute atomic E-state index is 0.0554. The van der Waals surface area contributed by atoms with Gasteiger partial charge in [0.2, 0.25) is 5.91 Å². The summed E-state index contributed by atoms with van der Waals surface area (Å²) in [4.78, 5) is 11.0. The highest BCUT2D eigenvalue weighted by Gasteiger charge is 2.18. The van der Waals surface area contributed by atoms with E-state index in [1.54, 1.807) is 6.92 Å². The molecule has 1 atom stereocenters. The molecule has 1 aromatic rings. The van der Waals surface area contributed by atoms with Gasteiger partial charge in [-0.2, -0.15) is 0 Å². The number of phenolic OH excluding ortho intramolecular Hbond substituents is 1. The molecule has 0 bridgehead atoms. The quantitative estimate of drug-likeness (QED) is 0.780. The lowest BCUT2D eigenvalue weighted by atomic mass is 10.1. The van der Waals surface area contributed by atoms with Crippen LogP contribution >= 0.6 is 23.2 Å². The first-order valence-corrected chi connectivity index (χ1v) is 5.30. The Morgan fingerprint density at radius 1 is 1.50 bits per heavy atom. The van der Waals surface area contributed by atoms with E-state index in [2.05, 4.69) is 5.32 Å². The number of aliphatic hydroxyl groups is 1. The minimum Gasteiger partial charge on any atom is -0.508 e. The zero-order valence-corrected chi connectivity index (χ0v) is 10.0. The Kier molecular flexibility index (Phi) is 4.41. The van der Waals surface area contributed by atoms with Crippen molar-refractivity contribution in [1.29, 1.82) is 0 Å². The number of rotatable bonds is 3. The van der Waals surface area contributed by atoms with Crippen molar-refractivity contribution in [2.24, 2.45) is 0 Å². The van der Waals surface area contributed by atoms with Gasteiger partial charge < -0.3 is 15.5 Å². The first kappa shape index (κ1) is 13.1. The molecule has 0 aromatic heterocycles. The molecule has 0 radical (unpaired) electrons. The molecule has 0 spiro atoms. The molecule has 0 unspecified atom stereocenters. The highest BCUT2D eigenvalue weighted by Crippen LogP contribution is 2.36. The van der Waals surface area contributed by atoms with Gasteiger partial charge in [0.05, 0.1) is 16.1 Å². The lowest BCUT2D eigenvalue weighted by Gasteiger charge is -2.17. The maximum atomic E-state index is 11.0. The standard InChI is InChI=1S/C10H11Cl2NO3/c1-5(13-8(16)4-14)9-7(15)3-2-6(11)10(9)12/h2-3,5,14-15H,4H2,1H3,(H,13,16)/t5-/m0/s1. The van der Waals surface area contributed by atoms with E-state index in [0.29, 0.717) is 10.6 Å². The molecule has 1 aromatic carbocycles. The molecule has 0 heterocycles. The van der Waals surface area contributed by atoms with Gasteiger partial charge in [-0.05, 0) is 19.1 Å². The Balaban J connectivity index is 3.03. The van der Waals surface area contributed by atoms with Gasteiger partial charge in [0.1, 0.15) is 12.4 Å². The van der Waals surface area contributed by atoms with Crippen molar-refractivity contribution in [2.45, 2.75) is 13.0 Å². The second-order valence-electron chi connectivity index (χ2n) is 3.24. The second kappa shape index (κ2) is 5.39. The van der Waals surface area contributed by atoms with Crippen LogP contribution in [-0.4, -0.2) is 22.7 Å². The summed E-state index contributed by atoms with van der Waals surface area (Å²) in [5.41, 5.74) is 0.330. The summed E-state index contributed by atoms with van der Waals surface area (Å²) in [5, 5.41) is 21.1. The Hall–Kier alpha value is -0.970. The first-order valence-electron chi connectivity index (χ1n) is 4.54. The van der Waals surface area contributed by atoms with Crippen LogP contribution in [0.5, 0.6) is 5.75 Å². The molecular formula is C10H11Cl2NO3. The van der Waals surface area contributed by atoms with Crippen LogP contribution in [0, 0.1) is 0 Å². The predicted molar refractivity (Wildman–Crippen MR) is 61.8 cm³/mol. The molecular weight excluding hydrogens is 253 g/mol. The third-order valence-corrected chi connectivity index (χ3v) is 2.88. The molecule has 16 heavy (non-hydrogen) atoms. The maximum Gasteiger partial charge on any atom is 0.246 e. The van der Waals surface area contributed by atoms with Crippen molar-refractivity contribution >= 4 is 29.1 Å². The number of hydrogen-bond donors (Lipinski definition) is 3. The molecule has 88 valence electrons. The molecule has 4 nitrogen and oxygen atoms in total. The fourth-order valence-corrected chi connectivity index (χ4v) is 1.82. The van der Waals surface area contributed by atoms with Gasteiger partial charge in [0.15, 0.2) is 0 Å². The number of carbonyl (C=O) groups is 1. The molecule has 6 heteroatoms. The van der Waals surface area contributed by atoms with Crippen LogP contribution in [0.4, 0.5) is 0 Å². The number of phenols is 1. The highest BCUT2D eigenvalue weighted by molar-refractivity contribution is 6.42. The molecule has 0 saturated carbocycles. The molecule has 1 rings (SSSR count). The molecule has 0 aliphatic heterocycles. The summed E-state index contributed by atoms with van der Waals surface area (Å²) in [6.45, 7) is 1.01. The lowest BCUT2D eigenvalue weighted by molar-refractivity contribution is -0.124. The van der Waals surface area contributed by atoms with Gasteiger partial charge in [0.25, 0.3) is 0 Å². The number of amides is 1. The fourth-order valence-electron chi connectivity index (χ4n) is 1.33. The predicted octanol–water partition coefficient (Wildman–Crippen LogP) is 1.87. The molecule has 3 N–H and O–H groups in total. The summed E-state index contributed by atoms with van der Waals surface area (Å²) in [6.07, 6.45) is 0. The fraction of sp³-hybridized carbons (Fsp3) is 0.300. The van der Waals surface area contributed by atoms with Crippen LogP contribution in [0.3, 0.4) is 0 Å². The average Bonchev–Trinajstić information content (AvgIpc) is 2.24. The third-order valence-electron chi connectivity index (χ3n) is 2.06. The zero-order chi connectivity index (χ0) is 12.3. The number of hydrogen-bond acceptors (Lipinski definition) is 3. The van der Waals surface area contributed by atoms with E-state index in [4.69, 9.17) is 28.3 Å².